The summed E-state index contributed by atoms with van der Waals surface area (Å²) in [6.45, 7) is 5.09. The number of rotatable bonds is 9. The lowest BCUT2D eigenvalue weighted by atomic mass is 9.67. The molecular formula is C25H30Cl2N2. The Balaban J connectivity index is 1.78. The molecule has 0 aliphatic heterocycles. The lowest BCUT2D eigenvalue weighted by Crippen LogP contribution is -2.35. The zero-order valence-corrected chi connectivity index (χ0v) is 18.7. The zero-order valence-electron chi connectivity index (χ0n) is 17.2. The fourth-order valence-electron chi connectivity index (χ4n) is 4.85. The Kier molecular flexibility index (Phi) is 8.01. The van der Waals surface area contributed by atoms with Gasteiger partial charge in [0.2, 0.25) is 0 Å². The normalized spacial score (nSPS) is 16.7. The summed E-state index contributed by atoms with van der Waals surface area (Å²) < 4.78 is 0. The third-order valence-corrected chi connectivity index (χ3v) is 7.03. The Morgan fingerprint density at radius 2 is 1.69 bits per heavy atom. The van der Waals surface area contributed by atoms with Crippen molar-refractivity contribution in [1.29, 1.82) is 5.26 Å². The summed E-state index contributed by atoms with van der Waals surface area (Å²) in [5.74, 6) is 0.328. The third-order valence-electron chi connectivity index (χ3n) is 6.40. The molecule has 0 amide bonds. The quantitative estimate of drug-likeness (QED) is 0.420. The molecule has 0 heterocycles. The van der Waals surface area contributed by atoms with E-state index < -0.39 is 5.41 Å². The molecule has 2 aromatic rings. The van der Waals surface area contributed by atoms with Crippen LogP contribution in [0.5, 0.6) is 0 Å². The standard InChI is InChI=1S/C25H30Cl2N2/c1-2-29(18-20-10-4-3-5-11-20)17-9-16-25(19-28,21-12-6-7-13-21)24-22(26)14-8-15-23(24)27/h3-5,8,10-11,14-15,21H,2,6-7,9,12-13,16-18H2,1H3. The molecule has 1 unspecified atom stereocenters. The smallest absolute Gasteiger partial charge is 0.0879 e. The molecule has 1 atom stereocenters. The maximum atomic E-state index is 10.4. The van der Waals surface area contributed by atoms with Crippen LogP contribution in [-0.2, 0) is 12.0 Å². The molecule has 154 valence electrons. The summed E-state index contributed by atoms with van der Waals surface area (Å²) in [6, 6.07) is 18.9. The Hall–Kier alpha value is -1.53. The van der Waals surface area contributed by atoms with Crippen LogP contribution in [-0.4, -0.2) is 18.0 Å². The first kappa shape index (κ1) is 22.2. The van der Waals surface area contributed by atoms with Gasteiger partial charge in [-0.05, 0) is 62.4 Å². The second-order valence-electron chi connectivity index (χ2n) is 8.12. The molecule has 3 rings (SSSR count). The lowest BCUT2D eigenvalue weighted by Gasteiger charge is -2.35. The lowest BCUT2D eigenvalue weighted by molar-refractivity contribution is 0.247. The third kappa shape index (κ3) is 5.15. The van der Waals surface area contributed by atoms with Crippen LogP contribution in [0.2, 0.25) is 10.0 Å². The highest BCUT2D eigenvalue weighted by molar-refractivity contribution is 6.36. The first-order valence-electron chi connectivity index (χ1n) is 10.7. The Morgan fingerprint density at radius 3 is 2.28 bits per heavy atom. The Labute approximate surface area is 185 Å². The van der Waals surface area contributed by atoms with Crippen LogP contribution < -0.4 is 0 Å². The van der Waals surface area contributed by atoms with Gasteiger partial charge in [-0.1, -0.05) is 79.4 Å². The van der Waals surface area contributed by atoms with Crippen LogP contribution in [0.4, 0.5) is 0 Å². The minimum Gasteiger partial charge on any atom is -0.299 e. The summed E-state index contributed by atoms with van der Waals surface area (Å²) in [6.07, 6.45) is 6.28. The van der Waals surface area contributed by atoms with Crippen molar-refractivity contribution < 1.29 is 0 Å². The van der Waals surface area contributed by atoms with Crippen molar-refractivity contribution in [2.24, 2.45) is 5.92 Å². The largest absolute Gasteiger partial charge is 0.299 e. The van der Waals surface area contributed by atoms with E-state index in [2.05, 4.69) is 48.2 Å². The fourth-order valence-corrected chi connectivity index (χ4v) is 5.59. The number of halogens is 2. The molecular weight excluding hydrogens is 399 g/mol. The van der Waals surface area contributed by atoms with E-state index in [0.717, 1.165) is 50.9 Å². The first-order valence-corrected chi connectivity index (χ1v) is 11.5. The van der Waals surface area contributed by atoms with Crippen molar-refractivity contribution in [3.05, 3.63) is 69.7 Å². The van der Waals surface area contributed by atoms with Gasteiger partial charge in [-0.15, -0.1) is 0 Å². The Morgan fingerprint density at radius 1 is 1.03 bits per heavy atom. The monoisotopic (exact) mass is 428 g/mol. The highest BCUT2D eigenvalue weighted by atomic mass is 35.5. The summed E-state index contributed by atoms with van der Waals surface area (Å²) in [7, 11) is 0. The second-order valence-corrected chi connectivity index (χ2v) is 8.93. The van der Waals surface area contributed by atoms with E-state index in [0.29, 0.717) is 16.0 Å². The number of hydrogen-bond donors (Lipinski definition) is 0. The van der Waals surface area contributed by atoms with E-state index >= 15 is 0 Å². The maximum absolute atomic E-state index is 10.4. The van der Waals surface area contributed by atoms with Gasteiger partial charge >= 0.3 is 0 Å². The molecule has 2 nitrogen and oxygen atoms in total. The topological polar surface area (TPSA) is 27.0 Å². The minimum absolute atomic E-state index is 0.328. The van der Waals surface area contributed by atoms with Crippen LogP contribution in [0.3, 0.4) is 0 Å². The number of hydrogen-bond acceptors (Lipinski definition) is 2. The molecule has 1 saturated carbocycles. The molecule has 1 fully saturated rings. The van der Waals surface area contributed by atoms with Gasteiger partial charge in [-0.25, -0.2) is 0 Å². The molecule has 0 spiro atoms. The molecule has 4 heteroatoms. The van der Waals surface area contributed by atoms with Gasteiger partial charge < -0.3 is 0 Å². The summed E-state index contributed by atoms with van der Waals surface area (Å²) in [5.41, 5.74) is 1.58. The zero-order chi connectivity index (χ0) is 20.7. The fraction of sp³-hybridized carbons (Fsp3) is 0.480. The van der Waals surface area contributed by atoms with E-state index in [1.54, 1.807) is 0 Å². The van der Waals surface area contributed by atoms with E-state index in [1.165, 1.54) is 18.4 Å². The number of benzene rings is 2. The van der Waals surface area contributed by atoms with Crippen molar-refractivity contribution >= 4 is 23.2 Å². The van der Waals surface area contributed by atoms with E-state index in [1.807, 2.05) is 18.2 Å². The average molecular weight is 429 g/mol. The van der Waals surface area contributed by atoms with E-state index in [9.17, 15) is 5.26 Å². The van der Waals surface area contributed by atoms with E-state index in [-0.39, 0.29) is 0 Å². The molecule has 0 radical (unpaired) electrons. The summed E-state index contributed by atoms with van der Waals surface area (Å²) >= 11 is 13.2. The van der Waals surface area contributed by atoms with Gasteiger partial charge in [0.05, 0.1) is 11.5 Å². The molecule has 0 N–H and O–H groups in total. The second kappa shape index (κ2) is 10.5. The molecule has 1 aliphatic carbocycles. The molecule has 0 aromatic heterocycles. The first-order chi connectivity index (χ1) is 14.1. The van der Waals surface area contributed by atoms with Crippen molar-refractivity contribution in [3.8, 4) is 6.07 Å². The van der Waals surface area contributed by atoms with Gasteiger partial charge in [0.15, 0.2) is 0 Å². The SMILES string of the molecule is CCN(CCCC(C#N)(c1c(Cl)cccc1Cl)C1CCCC1)Cc1ccccc1. The van der Waals surface area contributed by atoms with Gasteiger partial charge in [-0.2, -0.15) is 5.26 Å². The maximum Gasteiger partial charge on any atom is 0.0879 e. The van der Waals surface area contributed by atoms with Crippen molar-refractivity contribution in [2.75, 3.05) is 13.1 Å². The van der Waals surface area contributed by atoms with Gasteiger partial charge in [0, 0.05) is 22.2 Å². The highest BCUT2D eigenvalue weighted by Gasteiger charge is 2.44. The van der Waals surface area contributed by atoms with Crippen molar-refractivity contribution in [3.63, 3.8) is 0 Å². The molecule has 0 bridgehead atoms. The summed E-state index contributed by atoms with van der Waals surface area (Å²) in [4.78, 5) is 2.44. The molecule has 2 aromatic carbocycles. The molecule has 29 heavy (non-hydrogen) atoms. The minimum atomic E-state index is -0.599. The van der Waals surface area contributed by atoms with Crippen LogP contribution in [0.25, 0.3) is 0 Å². The molecule has 0 saturated heterocycles. The van der Waals surface area contributed by atoms with Gasteiger partial charge in [0.25, 0.3) is 0 Å². The van der Waals surface area contributed by atoms with Crippen molar-refractivity contribution in [2.45, 2.75) is 57.4 Å². The van der Waals surface area contributed by atoms with Gasteiger partial charge in [0.1, 0.15) is 0 Å². The highest BCUT2D eigenvalue weighted by Crippen LogP contribution is 2.49. The van der Waals surface area contributed by atoms with E-state index in [4.69, 9.17) is 23.2 Å². The number of nitrogens with zero attached hydrogens (tertiary/aromatic N) is 2. The summed E-state index contributed by atoms with van der Waals surface area (Å²) in [5, 5.41) is 11.7. The number of nitriles is 1. The van der Waals surface area contributed by atoms with Gasteiger partial charge in [-0.3, -0.25) is 4.90 Å². The Bertz CT molecular complexity index is 804. The van der Waals surface area contributed by atoms with Crippen LogP contribution in [0.15, 0.2) is 48.5 Å². The van der Waals surface area contributed by atoms with Crippen LogP contribution >= 0.6 is 23.2 Å². The average Bonchev–Trinajstić information content (AvgIpc) is 3.27. The van der Waals surface area contributed by atoms with Crippen LogP contribution in [0.1, 0.15) is 56.6 Å². The molecule has 1 aliphatic rings. The van der Waals surface area contributed by atoms with Crippen molar-refractivity contribution in [1.82, 2.24) is 4.90 Å². The predicted molar refractivity (Wildman–Crippen MR) is 122 cm³/mol. The van der Waals surface area contributed by atoms with Crippen LogP contribution in [0, 0.1) is 17.2 Å². The predicted octanol–water partition coefficient (Wildman–Crippen LogP) is 7.25.